The van der Waals surface area contributed by atoms with Crippen LogP contribution in [0.25, 0.3) is 5.69 Å². The van der Waals surface area contributed by atoms with E-state index >= 15 is 0 Å². The van der Waals surface area contributed by atoms with Crippen molar-refractivity contribution in [3.63, 3.8) is 0 Å². The van der Waals surface area contributed by atoms with Crippen LogP contribution in [0.1, 0.15) is 41.2 Å². The van der Waals surface area contributed by atoms with Gasteiger partial charge in [0.25, 0.3) is 5.91 Å². The standard InChI is InChI=1S/C21H24ClN5O3S/c1-14(2)25-31(29,30)13-17-9-7-16(8-10-17)12-23-21(28)20-15(3)27(26-24-20)19-6-4-5-18(22)11-19/h4-11,14,25H,12-13H2,1-3H3,(H,23,28). The van der Waals surface area contributed by atoms with E-state index in [-0.39, 0.29) is 29.9 Å². The Labute approximate surface area is 186 Å². The van der Waals surface area contributed by atoms with Crippen molar-refractivity contribution >= 4 is 27.5 Å². The van der Waals surface area contributed by atoms with Crippen molar-refractivity contribution in [3.8, 4) is 5.69 Å². The van der Waals surface area contributed by atoms with Crippen LogP contribution in [0, 0.1) is 6.92 Å². The third-order valence-electron chi connectivity index (χ3n) is 4.41. The summed E-state index contributed by atoms with van der Waals surface area (Å²) in [6.45, 7) is 5.59. The maximum atomic E-state index is 12.6. The van der Waals surface area contributed by atoms with Gasteiger partial charge in [-0.05, 0) is 50.1 Å². The lowest BCUT2D eigenvalue weighted by Gasteiger charge is -2.10. The maximum Gasteiger partial charge on any atom is 0.274 e. The average Bonchev–Trinajstić information content (AvgIpc) is 3.07. The summed E-state index contributed by atoms with van der Waals surface area (Å²) in [5.41, 5.74) is 3.05. The van der Waals surface area contributed by atoms with Crippen LogP contribution in [0.15, 0.2) is 48.5 Å². The molecule has 1 amide bonds. The summed E-state index contributed by atoms with van der Waals surface area (Å²) in [5, 5.41) is 11.4. The van der Waals surface area contributed by atoms with E-state index in [0.29, 0.717) is 22.0 Å². The van der Waals surface area contributed by atoms with E-state index in [2.05, 4.69) is 20.4 Å². The van der Waals surface area contributed by atoms with Crippen molar-refractivity contribution in [1.82, 2.24) is 25.0 Å². The van der Waals surface area contributed by atoms with E-state index in [1.54, 1.807) is 67.9 Å². The summed E-state index contributed by atoms with van der Waals surface area (Å²) in [5.74, 6) is -0.442. The lowest BCUT2D eigenvalue weighted by molar-refractivity contribution is 0.0945. The smallest absolute Gasteiger partial charge is 0.274 e. The number of rotatable bonds is 8. The molecule has 0 aliphatic heterocycles. The van der Waals surface area contributed by atoms with Gasteiger partial charge in [0.2, 0.25) is 10.0 Å². The predicted octanol–water partition coefficient (Wildman–Crippen LogP) is 2.99. The van der Waals surface area contributed by atoms with Crippen LogP contribution < -0.4 is 10.0 Å². The largest absolute Gasteiger partial charge is 0.347 e. The Morgan fingerprint density at radius 3 is 2.45 bits per heavy atom. The van der Waals surface area contributed by atoms with E-state index in [0.717, 1.165) is 5.56 Å². The number of amides is 1. The first-order valence-corrected chi connectivity index (χ1v) is 11.7. The molecule has 164 valence electrons. The second-order valence-electron chi connectivity index (χ2n) is 7.45. The Morgan fingerprint density at radius 2 is 1.81 bits per heavy atom. The summed E-state index contributed by atoms with van der Waals surface area (Å²) in [4.78, 5) is 12.6. The molecule has 0 unspecified atom stereocenters. The Morgan fingerprint density at radius 1 is 1.13 bits per heavy atom. The number of carbonyl (C=O) groups is 1. The van der Waals surface area contributed by atoms with E-state index in [1.165, 1.54) is 0 Å². The van der Waals surface area contributed by atoms with Crippen molar-refractivity contribution < 1.29 is 13.2 Å². The van der Waals surface area contributed by atoms with Crippen LogP contribution >= 0.6 is 11.6 Å². The highest BCUT2D eigenvalue weighted by atomic mass is 35.5. The molecule has 3 rings (SSSR count). The van der Waals surface area contributed by atoms with Crippen LogP contribution in [0.2, 0.25) is 5.02 Å². The van der Waals surface area contributed by atoms with E-state index in [1.807, 2.05) is 6.07 Å². The molecule has 2 N–H and O–H groups in total. The predicted molar refractivity (Wildman–Crippen MR) is 120 cm³/mol. The third kappa shape index (κ3) is 6.13. The summed E-state index contributed by atoms with van der Waals surface area (Å²) >= 11 is 6.02. The molecule has 0 saturated carbocycles. The first-order chi connectivity index (χ1) is 14.6. The van der Waals surface area contributed by atoms with Gasteiger partial charge in [0.1, 0.15) is 0 Å². The zero-order chi connectivity index (χ0) is 22.6. The first kappa shape index (κ1) is 22.9. The fraction of sp³-hybridized carbons (Fsp3) is 0.286. The number of sulfonamides is 1. The summed E-state index contributed by atoms with van der Waals surface area (Å²) in [6, 6.07) is 14.0. The third-order valence-corrected chi connectivity index (χ3v) is 6.19. The summed E-state index contributed by atoms with van der Waals surface area (Å²) < 4.78 is 28.2. The Bertz CT molecular complexity index is 1170. The van der Waals surface area contributed by atoms with Gasteiger partial charge in [-0.15, -0.1) is 5.10 Å². The van der Waals surface area contributed by atoms with Crippen molar-refractivity contribution in [2.24, 2.45) is 0 Å². The molecule has 0 aliphatic rings. The highest BCUT2D eigenvalue weighted by molar-refractivity contribution is 7.88. The van der Waals surface area contributed by atoms with Crippen LogP contribution in [0.4, 0.5) is 0 Å². The van der Waals surface area contributed by atoms with Gasteiger partial charge in [0.05, 0.1) is 17.1 Å². The quantitative estimate of drug-likeness (QED) is 0.536. The van der Waals surface area contributed by atoms with E-state index < -0.39 is 10.0 Å². The molecule has 0 saturated heterocycles. The van der Waals surface area contributed by atoms with Gasteiger partial charge in [-0.3, -0.25) is 4.79 Å². The van der Waals surface area contributed by atoms with Crippen LogP contribution in [0.5, 0.6) is 0 Å². The minimum atomic E-state index is -3.38. The first-order valence-electron chi connectivity index (χ1n) is 9.69. The van der Waals surface area contributed by atoms with Gasteiger partial charge < -0.3 is 5.32 Å². The number of nitrogens with zero attached hydrogens (tertiary/aromatic N) is 3. The lowest BCUT2D eigenvalue weighted by atomic mass is 10.1. The van der Waals surface area contributed by atoms with Crippen LogP contribution in [-0.2, 0) is 22.3 Å². The SMILES string of the molecule is Cc1c(C(=O)NCc2ccc(CS(=O)(=O)NC(C)C)cc2)nnn1-c1cccc(Cl)c1. The van der Waals surface area contributed by atoms with Gasteiger partial charge in [-0.25, -0.2) is 17.8 Å². The molecule has 0 spiro atoms. The van der Waals surface area contributed by atoms with E-state index in [4.69, 9.17) is 11.6 Å². The highest BCUT2D eigenvalue weighted by Gasteiger charge is 2.17. The number of hydrogen-bond donors (Lipinski definition) is 2. The Kier molecular flexibility index (Phi) is 7.09. The van der Waals surface area contributed by atoms with Crippen molar-refractivity contribution in [2.75, 3.05) is 0 Å². The molecule has 0 aliphatic carbocycles. The number of nitrogens with one attached hydrogen (secondary N) is 2. The molecule has 0 atom stereocenters. The molecule has 1 aromatic heterocycles. The van der Waals surface area contributed by atoms with E-state index in [9.17, 15) is 13.2 Å². The fourth-order valence-electron chi connectivity index (χ4n) is 3.03. The Hall–Kier alpha value is -2.75. The minimum Gasteiger partial charge on any atom is -0.347 e. The zero-order valence-electron chi connectivity index (χ0n) is 17.5. The van der Waals surface area contributed by atoms with Crippen molar-refractivity contribution in [1.29, 1.82) is 0 Å². The van der Waals surface area contributed by atoms with Gasteiger partial charge in [0.15, 0.2) is 5.69 Å². The molecule has 1 heterocycles. The van der Waals surface area contributed by atoms with Crippen molar-refractivity contribution in [3.05, 3.63) is 76.1 Å². The highest BCUT2D eigenvalue weighted by Crippen LogP contribution is 2.17. The van der Waals surface area contributed by atoms with Crippen molar-refractivity contribution in [2.45, 2.75) is 39.1 Å². The van der Waals surface area contributed by atoms with Gasteiger partial charge in [-0.2, -0.15) is 0 Å². The molecule has 0 fully saturated rings. The molecular formula is C21H24ClN5O3S. The lowest BCUT2D eigenvalue weighted by Crippen LogP contribution is -2.31. The minimum absolute atomic E-state index is 0.0936. The van der Waals surface area contributed by atoms with Gasteiger partial charge in [0, 0.05) is 17.6 Å². The number of carbonyl (C=O) groups excluding carboxylic acids is 1. The molecule has 2 aromatic carbocycles. The molecular weight excluding hydrogens is 438 g/mol. The topological polar surface area (TPSA) is 106 Å². The maximum absolute atomic E-state index is 12.6. The molecule has 10 heteroatoms. The number of hydrogen-bond acceptors (Lipinski definition) is 5. The number of aromatic nitrogens is 3. The number of halogens is 1. The average molecular weight is 462 g/mol. The second-order valence-corrected chi connectivity index (χ2v) is 9.64. The fourth-order valence-corrected chi connectivity index (χ4v) is 4.65. The molecule has 0 radical (unpaired) electrons. The monoisotopic (exact) mass is 461 g/mol. The normalized spacial score (nSPS) is 11.6. The molecule has 0 bridgehead atoms. The van der Waals surface area contributed by atoms with Gasteiger partial charge in [-0.1, -0.05) is 47.1 Å². The second kappa shape index (κ2) is 9.59. The molecule has 31 heavy (non-hydrogen) atoms. The van der Waals surface area contributed by atoms with Crippen LogP contribution in [0.3, 0.4) is 0 Å². The molecule has 8 nitrogen and oxygen atoms in total. The molecule has 3 aromatic rings. The summed E-state index contributed by atoms with van der Waals surface area (Å²) in [7, 11) is -3.38. The Balaban J connectivity index is 1.62. The van der Waals surface area contributed by atoms with Gasteiger partial charge >= 0.3 is 0 Å². The summed E-state index contributed by atoms with van der Waals surface area (Å²) in [6.07, 6.45) is 0. The van der Waals surface area contributed by atoms with Crippen LogP contribution in [-0.4, -0.2) is 35.4 Å². The zero-order valence-corrected chi connectivity index (χ0v) is 19.0. The number of benzene rings is 2.